The van der Waals surface area contributed by atoms with E-state index in [1.165, 1.54) is 30.3 Å². The Morgan fingerprint density at radius 2 is 1.80 bits per heavy atom. The van der Waals surface area contributed by atoms with E-state index in [1.807, 2.05) is 13.0 Å². The predicted octanol–water partition coefficient (Wildman–Crippen LogP) is 4.77. The van der Waals surface area contributed by atoms with Crippen molar-refractivity contribution >= 4 is 21.6 Å². The number of anilines is 1. The number of halogens is 3. The summed E-state index contributed by atoms with van der Waals surface area (Å²) >= 11 is 3.30. The second-order valence-corrected chi connectivity index (χ2v) is 5.19. The van der Waals surface area contributed by atoms with Crippen molar-refractivity contribution < 1.29 is 8.78 Å². The smallest absolute Gasteiger partial charge is 0.124 e. The van der Waals surface area contributed by atoms with E-state index in [2.05, 4.69) is 21.2 Å². The fourth-order valence-electron chi connectivity index (χ4n) is 1.90. The molecule has 0 saturated heterocycles. The van der Waals surface area contributed by atoms with Gasteiger partial charge in [0.2, 0.25) is 0 Å². The topological polar surface area (TPSA) is 35.8 Å². The molecule has 2 aromatic rings. The van der Waals surface area contributed by atoms with E-state index in [9.17, 15) is 8.78 Å². The minimum Gasteiger partial charge on any atom is -0.377 e. The number of rotatable bonds is 3. The van der Waals surface area contributed by atoms with Gasteiger partial charge >= 0.3 is 0 Å². The van der Waals surface area contributed by atoms with Gasteiger partial charge in [-0.2, -0.15) is 5.26 Å². The molecule has 2 nitrogen and oxygen atoms in total. The van der Waals surface area contributed by atoms with Crippen molar-refractivity contribution in [1.82, 2.24) is 0 Å². The summed E-state index contributed by atoms with van der Waals surface area (Å²) in [6, 6.07) is 10.2. The van der Waals surface area contributed by atoms with Crippen LogP contribution in [0.15, 0.2) is 40.9 Å². The molecular formula is C15H11BrF2N2. The van der Waals surface area contributed by atoms with Crippen molar-refractivity contribution in [3.05, 3.63) is 63.6 Å². The SMILES string of the molecule is CC(Nc1ccc(F)cc1C#N)c1ccc(F)cc1Br. The quantitative estimate of drug-likeness (QED) is 0.876. The fourth-order valence-corrected chi connectivity index (χ4v) is 2.59. The summed E-state index contributed by atoms with van der Waals surface area (Å²) in [5, 5.41) is 12.1. The van der Waals surface area contributed by atoms with Crippen molar-refractivity contribution in [3.63, 3.8) is 0 Å². The molecule has 0 fully saturated rings. The average Bonchev–Trinajstić information content (AvgIpc) is 2.40. The van der Waals surface area contributed by atoms with Crippen LogP contribution < -0.4 is 5.32 Å². The second-order valence-electron chi connectivity index (χ2n) is 4.33. The number of nitrogens with one attached hydrogen (secondary N) is 1. The predicted molar refractivity (Wildman–Crippen MR) is 77.3 cm³/mol. The molecular weight excluding hydrogens is 326 g/mol. The molecule has 2 aromatic carbocycles. The van der Waals surface area contributed by atoms with Gasteiger partial charge < -0.3 is 5.32 Å². The van der Waals surface area contributed by atoms with E-state index in [0.29, 0.717) is 10.2 Å². The maximum atomic E-state index is 13.1. The van der Waals surface area contributed by atoms with Gasteiger partial charge in [-0.05, 0) is 42.8 Å². The van der Waals surface area contributed by atoms with Crippen molar-refractivity contribution in [2.75, 3.05) is 5.32 Å². The van der Waals surface area contributed by atoms with Crippen LogP contribution >= 0.6 is 15.9 Å². The van der Waals surface area contributed by atoms with Gasteiger partial charge in [0.15, 0.2) is 0 Å². The lowest BCUT2D eigenvalue weighted by Gasteiger charge is -2.18. The van der Waals surface area contributed by atoms with E-state index in [0.717, 1.165) is 5.56 Å². The van der Waals surface area contributed by atoms with E-state index >= 15 is 0 Å². The van der Waals surface area contributed by atoms with Crippen LogP contribution in [0.5, 0.6) is 0 Å². The average molecular weight is 337 g/mol. The van der Waals surface area contributed by atoms with E-state index in [-0.39, 0.29) is 17.4 Å². The summed E-state index contributed by atoms with van der Waals surface area (Å²) in [6.45, 7) is 1.88. The van der Waals surface area contributed by atoms with E-state index in [1.54, 1.807) is 6.07 Å². The first kappa shape index (κ1) is 14.5. The minimum atomic E-state index is -0.456. The van der Waals surface area contributed by atoms with Gasteiger partial charge in [0.05, 0.1) is 11.3 Å². The fraction of sp³-hybridized carbons (Fsp3) is 0.133. The number of nitriles is 1. The van der Waals surface area contributed by atoms with E-state index in [4.69, 9.17) is 5.26 Å². The Morgan fingerprint density at radius 3 is 2.45 bits per heavy atom. The molecule has 5 heteroatoms. The van der Waals surface area contributed by atoms with E-state index < -0.39 is 5.82 Å². The maximum Gasteiger partial charge on any atom is 0.124 e. The largest absolute Gasteiger partial charge is 0.377 e. The van der Waals surface area contributed by atoms with Gasteiger partial charge in [-0.3, -0.25) is 0 Å². The Bertz CT molecular complexity index is 680. The summed E-state index contributed by atoms with van der Waals surface area (Å²) in [6.07, 6.45) is 0. The molecule has 0 spiro atoms. The normalized spacial score (nSPS) is 11.8. The summed E-state index contributed by atoms with van der Waals surface area (Å²) in [5.41, 5.74) is 1.62. The Hall–Kier alpha value is -1.93. The van der Waals surface area contributed by atoms with Crippen molar-refractivity contribution in [2.24, 2.45) is 0 Å². The van der Waals surface area contributed by atoms with Crippen LogP contribution in [-0.4, -0.2) is 0 Å². The molecule has 1 N–H and O–H groups in total. The lowest BCUT2D eigenvalue weighted by atomic mass is 10.1. The summed E-state index contributed by atoms with van der Waals surface area (Å²) in [4.78, 5) is 0. The molecule has 0 amide bonds. The molecule has 1 unspecified atom stereocenters. The highest BCUT2D eigenvalue weighted by Gasteiger charge is 2.12. The number of hydrogen-bond donors (Lipinski definition) is 1. The molecule has 2 rings (SSSR count). The standard InChI is InChI=1S/C15H11BrF2N2/c1-9(13-4-2-12(18)7-14(13)16)20-15-5-3-11(17)6-10(15)8-19/h2-7,9,20H,1H3. The first-order valence-electron chi connectivity index (χ1n) is 5.92. The van der Waals surface area contributed by atoms with Gasteiger partial charge in [0.1, 0.15) is 17.7 Å². The van der Waals surface area contributed by atoms with Crippen LogP contribution in [0.1, 0.15) is 24.1 Å². The first-order valence-corrected chi connectivity index (χ1v) is 6.71. The zero-order valence-electron chi connectivity index (χ0n) is 10.6. The summed E-state index contributed by atoms with van der Waals surface area (Å²) in [7, 11) is 0. The van der Waals surface area contributed by atoms with Gasteiger partial charge in [-0.15, -0.1) is 0 Å². The number of hydrogen-bond acceptors (Lipinski definition) is 2. The van der Waals surface area contributed by atoms with Crippen LogP contribution in [0.3, 0.4) is 0 Å². The third kappa shape index (κ3) is 3.14. The zero-order valence-corrected chi connectivity index (χ0v) is 12.2. The van der Waals surface area contributed by atoms with Crippen LogP contribution in [0, 0.1) is 23.0 Å². The molecule has 0 aromatic heterocycles. The Labute approximate surface area is 124 Å². The van der Waals surface area contributed by atoms with Gasteiger partial charge in [-0.1, -0.05) is 22.0 Å². The first-order chi connectivity index (χ1) is 9.51. The molecule has 0 radical (unpaired) electrons. The molecule has 102 valence electrons. The highest BCUT2D eigenvalue weighted by atomic mass is 79.9. The molecule has 0 heterocycles. The van der Waals surface area contributed by atoms with Gasteiger partial charge in [-0.25, -0.2) is 8.78 Å². The Balaban J connectivity index is 2.28. The Morgan fingerprint density at radius 1 is 1.15 bits per heavy atom. The summed E-state index contributed by atoms with van der Waals surface area (Å²) in [5.74, 6) is -0.782. The molecule has 0 bridgehead atoms. The molecule has 0 saturated carbocycles. The van der Waals surface area contributed by atoms with Crippen molar-refractivity contribution in [2.45, 2.75) is 13.0 Å². The Kier molecular flexibility index (Phi) is 4.35. The second kappa shape index (κ2) is 6.02. The van der Waals surface area contributed by atoms with Crippen molar-refractivity contribution in [3.8, 4) is 6.07 Å². The zero-order chi connectivity index (χ0) is 14.7. The monoisotopic (exact) mass is 336 g/mol. The third-order valence-corrected chi connectivity index (χ3v) is 3.59. The van der Waals surface area contributed by atoms with Crippen molar-refractivity contribution in [1.29, 1.82) is 5.26 Å². The number of nitrogens with zero attached hydrogens (tertiary/aromatic N) is 1. The summed E-state index contributed by atoms with van der Waals surface area (Å²) < 4.78 is 26.8. The van der Waals surface area contributed by atoms with Crippen LogP contribution in [0.25, 0.3) is 0 Å². The molecule has 20 heavy (non-hydrogen) atoms. The minimum absolute atomic E-state index is 0.164. The molecule has 0 aliphatic rings. The van der Waals surface area contributed by atoms with Crippen LogP contribution in [-0.2, 0) is 0 Å². The highest BCUT2D eigenvalue weighted by molar-refractivity contribution is 9.10. The van der Waals surface area contributed by atoms with Gasteiger partial charge in [0.25, 0.3) is 0 Å². The molecule has 0 aliphatic carbocycles. The molecule has 1 atom stereocenters. The van der Waals surface area contributed by atoms with Crippen LogP contribution in [0.2, 0.25) is 0 Å². The lowest BCUT2D eigenvalue weighted by molar-refractivity contribution is 0.624. The lowest BCUT2D eigenvalue weighted by Crippen LogP contribution is -2.08. The molecule has 0 aliphatic heterocycles. The number of benzene rings is 2. The van der Waals surface area contributed by atoms with Crippen LogP contribution in [0.4, 0.5) is 14.5 Å². The third-order valence-electron chi connectivity index (χ3n) is 2.90. The highest BCUT2D eigenvalue weighted by Crippen LogP contribution is 2.28. The maximum absolute atomic E-state index is 13.1. The van der Waals surface area contributed by atoms with Gasteiger partial charge in [0, 0.05) is 10.5 Å².